The molecule has 0 spiro atoms. The van der Waals surface area contributed by atoms with Gasteiger partial charge in [0.15, 0.2) is 0 Å². The maximum atomic E-state index is 2.48. The van der Waals surface area contributed by atoms with Crippen molar-refractivity contribution in [2.75, 3.05) is 0 Å². The van der Waals surface area contributed by atoms with Crippen LogP contribution in [-0.4, -0.2) is 0 Å². The van der Waals surface area contributed by atoms with E-state index in [0.29, 0.717) is 0 Å². The summed E-state index contributed by atoms with van der Waals surface area (Å²) in [6, 6.07) is 0. The average molecular weight is 419 g/mol. The van der Waals surface area contributed by atoms with Crippen molar-refractivity contribution < 1.29 is 23.2 Å². The molecular weight excluding hydrogens is 390 g/mol. The van der Waals surface area contributed by atoms with Crippen molar-refractivity contribution in [2.24, 2.45) is 11.8 Å². The predicted molar refractivity (Wildman–Crippen MR) is 97.5 cm³/mol. The predicted octanol–water partition coefficient (Wildman–Crippen LogP) is 6.58. The summed E-state index contributed by atoms with van der Waals surface area (Å²) in [7, 11) is 0. The number of allylic oxidation sites excluding steroid dienone is 8. The third-order valence-corrected chi connectivity index (χ3v) is 10.3. The molecule has 0 aromatic carbocycles. The summed E-state index contributed by atoms with van der Waals surface area (Å²) >= 11 is -0.544. The van der Waals surface area contributed by atoms with E-state index in [4.69, 9.17) is 0 Å². The van der Waals surface area contributed by atoms with E-state index in [1.54, 1.807) is 22.3 Å². The Hall–Kier alpha value is 0.423. The van der Waals surface area contributed by atoms with Gasteiger partial charge >= 0.3 is 136 Å². The first kappa shape index (κ1) is 20.5. The summed E-state index contributed by atoms with van der Waals surface area (Å²) in [5.41, 5.74) is 6.64. The second kappa shape index (κ2) is 8.50. The van der Waals surface area contributed by atoms with E-state index in [1.165, 1.54) is 32.1 Å². The zero-order chi connectivity index (χ0) is 14.3. The molecule has 3 aliphatic rings. The zero-order valence-electron chi connectivity index (χ0n) is 14.2. The molecular formula is C19H28Cl2Zr. The maximum absolute atomic E-state index is 2.48. The van der Waals surface area contributed by atoms with Gasteiger partial charge < -0.3 is 0 Å². The quantitative estimate of drug-likeness (QED) is 0.486. The van der Waals surface area contributed by atoms with Crippen molar-refractivity contribution in [1.29, 1.82) is 0 Å². The minimum Gasteiger partial charge on any atom is -0.147 e. The normalized spacial score (nSPS) is 25.0. The Balaban J connectivity index is 0.00000121. The minimum atomic E-state index is -0.544. The Morgan fingerprint density at radius 3 is 2.18 bits per heavy atom. The van der Waals surface area contributed by atoms with Crippen molar-refractivity contribution in [3.05, 3.63) is 41.0 Å². The fraction of sp³-hybridized carbons (Fsp3) is 0.579. The van der Waals surface area contributed by atoms with Gasteiger partial charge in [-0.3, -0.25) is 0 Å². The van der Waals surface area contributed by atoms with E-state index in [1.807, 2.05) is 6.56 Å². The number of hydrogen-bond acceptors (Lipinski definition) is 0. The van der Waals surface area contributed by atoms with Gasteiger partial charge in [-0.2, -0.15) is 0 Å². The van der Waals surface area contributed by atoms with Crippen LogP contribution in [0.3, 0.4) is 0 Å². The van der Waals surface area contributed by atoms with E-state index in [-0.39, 0.29) is 24.8 Å². The van der Waals surface area contributed by atoms with E-state index in [2.05, 4.69) is 39.8 Å². The van der Waals surface area contributed by atoms with Crippen molar-refractivity contribution >= 4 is 24.8 Å². The minimum absolute atomic E-state index is 0. The summed E-state index contributed by atoms with van der Waals surface area (Å²) in [6.45, 7) is 9.47. The monoisotopic (exact) mass is 416 g/mol. The maximum Gasteiger partial charge on any atom is -0.147 e. The van der Waals surface area contributed by atoms with E-state index in [9.17, 15) is 0 Å². The molecule has 0 aromatic heterocycles. The molecule has 0 aromatic rings. The Kier molecular flexibility index (Phi) is 7.91. The van der Waals surface area contributed by atoms with Gasteiger partial charge in [0.25, 0.3) is 0 Å². The third-order valence-electron chi connectivity index (χ3n) is 5.69. The van der Waals surface area contributed by atoms with Crippen LogP contribution in [0.15, 0.2) is 41.0 Å². The molecule has 0 N–H and O–H groups in total. The number of rotatable bonds is 3. The first-order valence-electron chi connectivity index (χ1n) is 8.14. The first-order chi connectivity index (χ1) is 9.59. The Morgan fingerprint density at radius 2 is 1.64 bits per heavy atom. The Bertz CT molecular complexity index is 546. The molecule has 3 heteroatoms. The van der Waals surface area contributed by atoms with Crippen LogP contribution in [0.2, 0.25) is 0 Å². The van der Waals surface area contributed by atoms with E-state index in [0.717, 1.165) is 11.8 Å². The van der Waals surface area contributed by atoms with Crippen LogP contribution in [0.25, 0.3) is 0 Å². The summed E-state index contributed by atoms with van der Waals surface area (Å²) in [4.78, 5) is 0. The summed E-state index contributed by atoms with van der Waals surface area (Å²) < 4.78 is 3.75. The van der Waals surface area contributed by atoms with Gasteiger partial charge in [0.1, 0.15) is 0 Å². The first-order valence-corrected chi connectivity index (χ1v) is 10.6. The molecule has 0 heterocycles. The van der Waals surface area contributed by atoms with Crippen molar-refractivity contribution in [3.8, 4) is 0 Å². The topological polar surface area (TPSA) is 0 Å². The van der Waals surface area contributed by atoms with Crippen LogP contribution in [0, 0.1) is 11.8 Å². The molecule has 0 bridgehead atoms. The molecule has 122 valence electrons. The van der Waals surface area contributed by atoms with Crippen molar-refractivity contribution in [2.45, 2.75) is 59.8 Å². The molecule has 1 fully saturated rings. The molecule has 1 saturated carbocycles. The fourth-order valence-electron chi connectivity index (χ4n) is 3.99. The molecule has 1 unspecified atom stereocenters. The largest absolute Gasteiger partial charge is 0.147 e. The molecule has 0 amide bonds. The van der Waals surface area contributed by atoms with Crippen LogP contribution >= 0.6 is 24.8 Å². The average Bonchev–Trinajstić information content (AvgIpc) is 3.14. The molecule has 3 aliphatic carbocycles. The fourth-order valence-corrected chi connectivity index (χ4v) is 8.38. The molecule has 0 saturated heterocycles. The van der Waals surface area contributed by atoms with Gasteiger partial charge in [-0.25, -0.2) is 0 Å². The Morgan fingerprint density at radius 1 is 1.00 bits per heavy atom. The van der Waals surface area contributed by atoms with E-state index < -0.39 is 23.2 Å². The van der Waals surface area contributed by atoms with Gasteiger partial charge in [0.05, 0.1) is 0 Å². The SMILES string of the molecule is CC1=C(C)C(C)[C]([Zr][C]2=C(C3CCCC3)C=CC2)=C1C.Cl.Cl. The third kappa shape index (κ3) is 3.73. The number of halogens is 2. The van der Waals surface area contributed by atoms with Crippen LogP contribution in [0.5, 0.6) is 0 Å². The van der Waals surface area contributed by atoms with Crippen molar-refractivity contribution in [1.82, 2.24) is 0 Å². The molecule has 0 radical (unpaired) electrons. The second-order valence-electron chi connectivity index (χ2n) is 6.72. The van der Waals surface area contributed by atoms with E-state index >= 15 is 0 Å². The van der Waals surface area contributed by atoms with Gasteiger partial charge in [-0.15, -0.1) is 24.8 Å². The standard InChI is InChI=1S/C10H13.C9H13.2ClH.Zr/c1-2-6-9(5-1)10-7-3-4-8-10;1-6-5-7(2)9(4)8(6)3;;;/h1,5,10H,2-4,7-8H2;6H,1-4H3;2*1H;. The van der Waals surface area contributed by atoms with Gasteiger partial charge in [0.2, 0.25) is 0 Å². The molecule has 3 rings (SSSR count). The van der Waals surface area contributed by atoms with Crippen LogP contribution in [-0.2, 0) is 23.2 Å². The molecule has 0 nitrogen and oxygen atoms in total. The van der Waals surface area contributed by atoms with Gasteiger partial charge in [-0.05, 0) is 0 Å². The summed E-state index contributed by atoms with van der Waals surface area (Å²) in [5, 5.41) is 0. The van der Waals surface area contributed by atoms with Crippen LogP contribution < -0.4 is 0 Å². The van der Waals surface area contributed by atoms with Crippen molar-refractivity contribution in [3.63, 3.8) is 0 Å². The molecule has 22 heavy (non-hydrogen) atoms. The second-order valence-corrected chi connectivity index (χ2v) is 10.1. The van der Waals surface area contributed by atoms with Crippen LogP contribution in [0.4, 0.5) is 0 Å². The van der Waals surface area contributed by atoms with Gasteiger partial charge in [0, 0.05) is 0 Å². The molecule has 1 atom stereocenters. The summed E-state index contributed by atoms with van der Waals surface area (Å²) in [5.74, 6) is 1.65. The Labute approximate surface area is 160 Å². The summed E-state index contributed by atoms with van der Waals surface area (Å²) in [6.07, 6.45) is 12.0. The smallest absolute Gasteiger partial charge is 0.147 e. The van der Waals surface area contributed by atoms with Gasteiger partial charge in [-0.1, -0.05) is 0 Å². The zero-order valence-corrected chi connectivity index (χ0v) is 18.3. The molecule has 0 aliphatic heterocycles. The van der Waals surface area contributed by atoms with Crippen LogP contribution in [0.1, 0.15) is 59.8 Å². The number of hydrogen-bond donors (Lipinski definition) is 0.